The van der Waals surface area contributed by atoms with Crippen molar-refractivity contribution in [3.05, 3.63) is 0 Å². The molecule has 13 N–H and O–H groups in total. The first-order chi connectivity index (χ1) is 31.5. The van der Waals surface area contributed by atoms with Gasteiger partial charge in [0.05, 0.1) is 26.3 Å². The number of ketones is 1. The fourth-order valence-corrected chi connectivity index (χ4v) is 1.66. The van der Waals surface area contributed by atoms with E-state index in [1.807, 2.05) is 27.3 Å². The number of carbonyl (C=O) groups excluding carboxylic acids is 9. The third-order valence-corrected chi connectivity index (χ3v) is 7.77. The molecule has 0 aromatic heterocycles. The van der Waals surface area contributed by atoms with Crippen molar-refractivity contribution in [3.8, 4) is 0 Å². The second-order valence-electron chi connectivity index (χ2n) is 9.89. The third kappa shape index (κ3) is 127. The summed E-state index contributed by atoms with van der Waals surface area (Å²) in [6.45, 7) is 4.54. The number of thiocarbonyl (C=S) groups is 4. The van der Waals surface area contributed by atoms with Gasteiger partial charge in [-0.15, -0.1) is 11.8 Å². The van der Waals surface area contributed by atoms with Crippen molar-refractivity contribution in [1.82, 2.24) is 74.0 Å². The molecule has 0 aliphatic heterocycles. The number of carbonyl (C=O) groups is 9. The Labute approximate surface area is 441 Å². The maximum absolute atomic E-state index is 10.3. The molecule has 0 aromatic rings. The summed E-state index contributed by atoms with van der Waals surface area (Å²) in [4.78, 5) is 92.5. The first-order valence-electron chi connectivity index (χ1n) is 18.6. The number of Topliss-reactive ketones (excluding diaryl/α,β-unsaturated/α-hetero) is 1. The molecule has 0 unspecified atom stereocenters. The molecule has 0 saturated carbocycles. The summed E-state index contributed by atoms with van der Waals surface area (Å²) in [5.74, 6) is -2.59. The number of esters is 1. The van der Waals surface area contributed by atoms with Crippen LogP contribution in [0.4, 0.5) is 19.2 Å². The van der Waals surface area contributed by atoms with Crippen molar-refractivity contribution >= 4 is 145 Å². The van der Waals surface area contributed by atoms with E-state index in [-0.39, 0.29) is 30.6 Å². The van der Waals surface area contributed by atoms with Gasteiger partial charge in [-0.1, -0.05) is 43.6 Å². The molecule has 0 aliphatic carbocycles. The Kier molecular flexibility index (Phi) is 108. The van der Waals surface area contributed by atoms with Crippen LogP contribution in [-0.2, 0) is 38.2 Å². The van der Waals surface area contributed by atoms with Gasteiger partial charge >= 0.3 is 30.0 Å². The summed E-state index contributed by atoms with van der Waals surface area (Å²) in [5, 5.41) is 33.3. The lowest BCUT2D eigenvalue weighted by Gasteiger charge is -2.06. The van der Waals surface area contributed by atoms with Crippen LogP contribution in [0.3, 0.4) is 0 Å². The fraction of sp³-hybridized carbons (Fsp3) is 0.649. The average Bonchev–Trinajstić information content (AvgIpc) is 3.37. The number of ether oxygens (including phenoxy) is 3. The molecule has 32 heteroatoms. The first kappa shape index (κ1) is 93.7. The Hall–Kier alpha value is -5.31. The summed E-state index contributed by atoms with van der Waals surface area (Å²) >= 11 is 21.2. The Morgan fingerprint density at radius 3 is 0.870 bits per heavy atom. The predicted molar refractivity (Wildman–Crippen MR) is 300 cm³/mol. The van der Waals surface area contributed by atoms with E-state index >= 15 is 0 Å². The summed E-state index contributed by atoms with van der Waals surface area (Å²) in [6.07, 6.45) is 3.27. The molecule has 0 saturated heterocycles. The minimum atomic E-state index is -0.868. The number of likely N-dealkylation sites (N-methyl/N-ethyl adjacent to an activating group) is 2. The van der Waals surface area contributed by atoms with E-state index in [1.165, 1.54) is 65.9 Å². The lowest BCUT2D eigenvalue weighted by molar-refractivity contribution is -0.152. The molecular formula is C37H86N14O12S6. The number of nitrogens with zero attached hydrogens (tertiary/aromatic N) is 1. The SMILES string of the molecule is C.CNC(=O)C(=O)OC.CNC(=O)C(C)=O.CNC(=O)N(C)C.CNC(=O)NC.CNC(=O)OC.CNC(=O)SC.CNC(=S)NC.CNC(=S)OC.CNC(=S)SC.CNC(C)=O.CNC(C)=S. The van der Waals surface area contributed by atoms with Crippen LogP contribution >= 0.6 is 72.4 Å². The van der Waals surface area contributed by atoms with E-state index in [2.05, 4.69) is 120 Å². The van der Waals surface area contributed by atoms with E-state index in [1.54, 1.807) is 88.5 Å². The highest BCUT2D eigenvalue weighted by Gasteiger charge is 2.08. The molecule has 0 fully saturated rings. The number of urea groups is 2. The number of hydrogen-bond acceptors (Lipinski definition) is 18. The molecule has 0 radical (unpaired) electrons. The Balaban J connectivity index is -0.0000000518. The minimum Gasteiger partial charge on any atom is -0.474 e. The van der Waals surface area contributed by atoms with Crippen LogP contribution in [-0.4, -0.2) is 217 Å². The molecule has 0 aromatic carbocycles. The Morgan fingerprint density at radius 1 is 0.464 bits per heavy atom. The van der Waals surface area contributed by atoms with E-state index in [0.717, 1.165) is 16.4 Å². The molecular weight excluding hydrogens is 1020 g/mol. The molecule has 69 heavy (non-hydrogen) atoms. The summed E-state index contributed by atoms with van der Waals surface area (Å²) < 4.78 is 13.6. The van der Waals surface area contributed by atoms with Crippen LogP contribution in [0.25, 0.3) is 0 Å². The van der Waals surface area contributed by atoms with Gasteiger partial charge in [0.15, 0.2) is 5.11 Å². The van der Waals surface area contributed by atoms with Crippen molar-refractivity contribution in [1.29, 1.82) is 0 Å². The second kappa shape index (κ2) is 79.8. The predicted octanol–water partition coefficient (Wildman–Crippen LogP) is -0.0372. The number of alkyl carbamates (subject to hydrolysis) is 1. The van der Waals surface area contributed by atoms with Crippen molar-refractivity contribution in [3.63, 3.8) is 0 Å². The molecule has 0 bridgehead atoms. The fourth-order valence-electron chi connectivity index (χ4n) is 1.25. The Bertz CT molecular complexity index is 1190. The molecule has 0 heterocycles. The monoisotopic (exact) mass is 1110 g/mol. The van der Waals surface area contributed by atoms with Gasteiger partial charge in [-0.25, -0.2) is 19.2 Å². The van der Waals surface area contributed by atoms with E-state index in [0.29, 0.717) is 10.3 Å². The number of nitrogens with one attached hydrogen (secondary N) is 13. The molecule has 26 nitrogen and oxygen atoms in total. The number of thioether (sulfide) groups is 2. The van der Waals surface area contributed by atoms with Crippen LogP contribution in [0.1, 0.15) is 28.2 Å². The van der Waals surface area contributed by atoms with E-state index < -0.39 is 29.7 Å². The minimum absolute atomic E-state index is 0. The normalized spacial score (nSPS) is 7.23. The number of rotatable bonds is 1. The van der Waals surface area contributed by atoms with Gasteiger partial charge in [0.1, 0.15) is 4.32 Å². The second-order valence-corrected chi connectivity index (χ2v) is 13.5. The molecule has 9 amide bonds. The third-order valence-electron chi connectivity index (χ3n) is 4.94. The van der Waals surface area contributed by atoms with Gasteiger partial charge in [0.25, 0.3) is 16.3 Å². The van der Waals surface area contributed by atoms with Crippen molar-refractivity contribution < 1.29 is 57.4 Å². The summed E-state index contributed by atoms with van der Waals surface area (Å²) in [6, 6.07) is -0.227. The zero-order valence-corrected chi connectivity index (χ0v) is 48.7. The van der Waals surface area contributed by atoms with Crippen molar-refractivity contribution in [2.75, 3.05) is 140 Å². The number of hydrogen-bond donors (Lipinski definition) is 13. The highest BCUT2D eigenvalue weighted by Crippen LogP contribution is 1.90. The van der Waals surface area contributed by atoms with Crippen LogP contribution in [0, 0.1) is 0 Å². The van der Waals surface area contributed by atoms with Gasteiger partial charge in [-0.05, 0) is 43.9 Å². The molecule has 412 valence electrons. The zero-order valence-electron chi connectivity index (χ0n) is 43.8. The molecule has 0 atom stereocenters. The van der Waals surface area contributed by atoms with Crippen LogP contribution < -0.4 is 69.1 Å². The molecule has 0 aliphatic rings. The summed E-state index contributed by atoms with van der Waals surface area (Å²) in [7, 11) is 28.5. The smallest absolute Gasteiger partial charge is 0.406 e. The first-order valence-corrected chi connectivity index (χ1v) is 22.7. The van der Waals surface area contributed by atoms with Gasteiger partial charge in [0, 0.05) is 120 Å². The van der Waals surface area contributed by atoms with E-state index in [4.69, 9.17) is 12.2 Å². The van der Waals surface area contributed by atoms with Crippen LogP contribution in [0.15, 0.2) is 0 Å². The van der Waals surface area contributed by atoms with Crippen LogP contribution in [0.5, 0.6) is 0 Å². The molecule has 0 rings (SSSR count). The maximum Gasteiger partial charge on any atom is 0.406 e. The highest BCUT2D eigenvalue weighted by molar-refractivity contribution is 8.22. The lowest BCUT2D eigenvalue weighted by Crippen LogP contribution is -2.31. The lowest BCUT2D eigenvalue weighted by atomic mass is 10.4. The number of methoxy groups -OCH3 is 3. The number of amides is 9. The maximum atomic E-state index is 10.3. The molecule has 0 spiro atoms. The summed E-state index contributed by atoms with van der Waals surface area (Å²) in [5.41, 5.74) is 0. The van der Waals surface area contributed by atoms with Crippen molar-refractivity contribution in [2.24, 2.45) is 0 Å². The standard InChI is InChI=1S/C4H10N2O.C4H7NO3.C4H7NO2.C3H8N2O.C3H8N2S.C3H7NO2.2C3H7NOS.C3H7NO.C3H7NS2.C3H7NS.CH4/c1-5-4(7)6(2)3;1-5-3(6)4(7)8-2;1-3(6)4(7)5-2;2*1-4-3(6)5-2;2*1-4-3(5)6-2;1-4-3(6)5-2;1-3(5)4-2;1-4-3(5)6-2;1-3(5)4-2;/h1-3H3,(H,5,7);1-2H3,(H,5,6);1-2H3,(H,5,7);2*1-2H3,(H2,4,5,6);2*1-2H3,(H,4,5);1-2H3,(H,4,6);1-2H3,(H,4,5);1-2H3,(H,4,5);1-2H3,(H,4,5);1H4. The van der Waals surface area contributed by atoms with Gasteiger partial charge in [-0.2, -0.15) is 0 Å². The topological polar surface area (TPSA) is 341 Å². The zero-order chi connectivity index (χ0) is 56.8. The van der Waals surface area contributed by atoms with Crippen LogP contribution in [0.2, 0.25) is 0 Å². The van der Waals surface area contributed by atoms with Crippen molar-refractivity contribution in [2.45, 2.75) is 28.2 Å². The quantitative estimate of drug-likeness (QED) is 0.0931. The largest absolute Gasteiger partial charge is 0.474 e. The van der Waals surface area contributed by atoms with Gasteiger partial charge in [-0.3, -0.25) is 24.0 Å². The Morgan fingerprint density at radius 2 is 0.855 bits per heavy atom. The van der Waals surface area contributed by atoms with Gasteiger partial charge in [0.2, 0.25) is 11.7 Å². The van der Waals surface area contributed by atoms with Gasteiger partial charge < -0.3 is 88.2 Å². The highest BCUT2D eigenvalue weighted by atomic mass is 32.2. The van der Waals surface area contributed by atoms with E-state index in [9.17, 15) is 43.2 Å². The average molecular weight is 1110 g/mol.